The Morgan fingerprint density at radius 3 is 1.59 bits per heavy atom. The van der Waals surface area contributed by atoms with E-state index >= 15 is 0 Å². The lowest BCUT2D eigenvalue weighted by Crippen LogP contribution is -2.61. The van der Waals surface area contributed by atoms with E-state index in [4.69, 9.17) is 0 Å². The average Bonchev–Trinajstić information content (AvgIpc) is 3.35. The van der Waals surface area contributed by atoms with Gasteiger partial charge < -0.3 is 0 Å². The molecule has 144 valence electrons. The van der Waals surface area contributed by atoms with Gasteiger partial charge in [0.15, 0.2) is 11.6 Å². The normalized spacial score (nSPS) is 34.4. The molecule has 6 heteroatoms. The highest BCUT2D eigenvalue weighted by atomic mass is 16.2. The summed E-state index contributed by atoms with van der Waals surface area (Å²) in [5, 5.41) is 3.35. The summed E-state index contributed by atoms with van der Waals surface area (Å²) in [5.74, 6) is -2.90. The molecule has 29 heavy (non-hydrogen) atoms. The third-order valence-electron chi connectivity index (χ3n) is 7.31. The van der Waals surface area contributed by atoms with Gasteiger partial charge in [0.05, 0.1) is 22.9 Å². The van der Waals surface area contributed by atoms with Crippen LogP contribution in [0.3, 0.4) is 0 Å². The highest BCUT2D eigenvalue weighted by molar-refractivity contribution is 6.20. The predicted octanol–water partition coefficient (Wildman–Crippen LogP) is 1.18. The van der Waals surface area contributed by atoms with E-state index in [1.165, 1.54) is 7.05 Å². The van der Waals surface area contributed by atoms with Gasteiger partial charge in [-0.3, -0.25) is 29.4 Å². The van der Waals surface area contributed by atoms with Crippen molar-refractivity contribution in [2.24, 2.45) is 11.8 Å². The molecule has 2 aliphatic heterocycles. The van der Waals surface area contributed by atoms with Crippen LogP contribution < -0.4 is 5.32 Å². The molecule has 0 bridgehead atoms. The molecule has 0 aromatic heterocycles. The number of imide groups is 1. The Kier molecular flexibility index (Phi) is 2.94. The number of ketones is 2. The third-order valence-corrected chi connectivity index (χ3v) is 7.31. The lowest BCUT2D eigenvalue weighted by atomic mass is 9.73. The Morgan fingerprint density at radius 2 is 1.17 bits per heavy atom. The van der Waals surface area contributed by atoms with E-state index in [1.807, 2.05) is 24.3 Å². The van der Waals surface area contributed by atoms with Gasteiger partial charge >= 0.3 is 0 Å². The summed E-state index contributed by atoms with van der Waals surface area (Å²) in [4.78, 5) is 54.6. The maximum Gasteiger partial charge on any atom is 0.235 e. The average molecular weight is 386 g/mol. The fourth-order valence-electron chi connectivity index (χ4n) is 6.09. The quantitative estimate of drug-likeness (QED) is 0.688. The lowest BCUT2D eigenvalue weighted by molar-refractivity contribution is -0.139. The molecule has 6 nitrogen and oxygen atoms in total. The highest BCUT2D eigenvalue weighted by Crippen LogP contribution is 2.55. The predicted molar refractivity (Wildman–Crippen MR) is 102 cm³/mol. The van der Waals surface area contributed by atoms with Gasteiger partial charge in [0.2, 0.25) is 11.8 Å². The van der Waals surface area contributed by atoms with Crippen molar-refractivity contribution < 1.29 is 19.2 Å². The number of amides is 2. The van der Waals surface area contributed by atoms with Crippen molar-refractivity contribution in [3.8, 4) is 0 Å². The molecule has 2 amide bonds. The number of hydrogen-bond acceptors (Lipinski definition) is 5. The Morgan fingerprint density at radius 1 is 0.759 bits per heavy atom. The summed E-state index contributed by atoms with van der Waals surface area (Å²) < 4.78 is 0. The van der Waals surface area contributed by atoms with E-state index in [1.54, 1.807) is 24.3 Å². The van der Waals surface area contributed by atoms with Gasteiger partial charge in [-0.05, 0) is 24.0 Å². The largest absolute Gasteiger partial charge is 0.292 e. The van der Waals surface area contributed by atoms with Gasteiger partial charge in [-0.15, -0.1) is 0 Å². The number of fused-ring (bicyclic) bond motifs is 5. The van der Waals surface area contributed by atoms with Crippen LogP contribution in [0.25, 0.3) is 0 Å². The van der Waals surface area contributed by atoms with Gasteiger partial charge in [-0.2, -0.15) is 0 Å². The van der Waals surface area contributed by atoms with Crippen LogP contribution in [0.4, 0.5) is 0 Å². The van der Waals surface area contributed by atoms with Gasteiger partial charge in [0, 0.05) is 18.2 Å². The second-order valence-electron chi connectivity index (χ2n) is 8.58. The number of hydrogen-bond donors (Lipinski definition) is 1. The first kappa shape index (κ1) is 16.8. The van der Waals surface area contributed by atoms with Crippen molar-refractivity contribution in [1.82, 2.24) is 10.2 Å². The van der Waals surface area contributed by atoms with Gasteiger partial charge in [0.25, 0.3) is 0 Å². The number of rotatable bonds is 0. The van der Waals surface area contributed by atoms with Crippen molar-refractivity contribution in [2.45, 2.75) is 23.9 Å². The molecule has 2 heterocycles. The molecule has 4 aliphatic rings. The Hall–Kier alpha value is -3.12. The minimum absolute atomic E-state index is 0.194. The zero-order chi connectivity index (χ0) is 20.1. The topological polar surface area (TPSA) is 83.6 Å². The van der Waals surface area contributed by atoms with Crippen molar-refractivity contribution >= 4 is 23.4 Å². The van der Waals surface area contributed by atoms with Crippen LogP contribution in [0.1, 0.15) is 31.8 Å². The Bertz CT molecular complexity index is 1080. The molecule has 0 saturated carbocycles. The number of Topliss-reactive ketones (excluding diaryl/α,β-unsaturated/α-hetero) is 2. The van der Waals surface area contributed by atoms with E-state index in [-0.39, 0.29) is 23.4 Å². The lowest BCUT2D eigenvalue weighted by Gasteiger charge is -2.32. The van der Waals surface area contributed by atoms with Gasteiger partial charge in [-0.25, -0.2) is 0 Å². The molecule has 0 unspecified atom stereocenters. The molecule has 4 atom stereocenters. The molecule has 1 N–H and O–H groups in total. The first-order valence-corrected chi connectivity index (χ1v) is 9.77. The summed E-state index contributed by atoms with van der Waals surface area (Å²) >= 11 is 0. The Labute approximate surface area is 166 Å². The number of carbonyl (C=O) groups excluding carboxylic acids is 4. The van der Waals surface area contributed by atoms with Crippen LogP contribution in [-0.2, 0) is 22.4 Å². The van der Waals surface area contributed by atoms with Crippen LogP contribution in [0, 0.1) is 11.8 Å². The van der Waals surface area contributed by atoms with E-state index in [2.05, 4.69) is 5.32 Å². The standard InChI is InChI=1S/C23H18N2O4/c1-25-20(28)16-17(21(25)29)23(11-13-7-3-5-9-15(13)19(23)27)24-22(16)10-12-6-2-4-8-14(12)18(22)26/h2-9,16-17,24H,10-11H2,1H3/t16-,17+,22-,23+. The number of benzene rings is 2. The second kappa shape index (κ2) is 5.07. The van der Waals surface area contributed by atoms with E-state index in [9.17, 15) is 19.2 Å². The molecular formula is C23H18N2O4. The molecule has 2 spiro atoms. The third kappa shape index (κ3) is 1.73. The van der Waals surface area contributed by atoms with Crippen LogP contribution >= 0.6 is 0 Å². The molecule has 0 radical (unpaired) electrons. The minimum Gasteiger partial charge on any atom is -0.292 e. The van der Waals surface area contributed by atoms with Crippen LogP contribution in [0.15, 0.2) is 48.5 Å². The van der Waals surface area contributed by atoms with Crippen molar-refractivity contribution in [3.05, 3.63) is 70.8 Å². The zero-order valence-corrected chi connectivity index (χ0v) is 15.8. The zero-order valence-electron chi connectivity index (χ0n) is 15.8. The first-order valence-electron chi connectivity index (χ1n) is 9.77. The number of carbonyl (C=O) groups is 4. The molecule has 2 aromatic rings. The molecule has 2 fully saturated rings. The van der Waals surface area contributed by atoms with E-state index in [0.29, 0.717) is 24.0 Å². The maximum absolute atomic E-state index is 13.6. The fourth-order valence-corrected chi connectivity index (χ4v) is 6.09. The number of nitrogens with zero attached hydrogens (tertiary/aromatic N) is 1. The van der Waals surface area contributed by atoms with Crippen molar-refractivity contribution in [1.29, 1.82) is 0 Å². The highest BCUT2D eigenvalue weighted by Gasteiger charge is 2.76. The van der Waals surface area contributed by atoms with Gasteiger partial charge in [0.1, 0.15) is 0 Å². The van der Waals surface area contributed by atoms with Crippen LogP contribution in [-0.4, -0.2) is 46.4 Å². The molecule has 2 aromatic carbocycles. The SMILES string of the molecule is CN1C(=O)[C@@H]2[C@H](C1=O)[C@@]1(Cc3ccccc3C1=O)N[C@@]21Cc2ccccc2C1=O. The molecule has 2 saturated heterocycles. The summed E-state index contributed by atoms with van der Waals surface area (Å²) in [7, 11) is 1.45. The maximum atomic E-state index is 13.6. The molecule has 2 aliphatic carbocycles. The van der Waals surface area contributed by atoms with E-state index < -0.39 is 22.9 Å². The van der Waals surface area contributed by atoms with Crippen LogP contribution in [0.2, 0.25) is 0 Å². The van der Waals surface area contributed by atoms with Gasteiger partial charge in [-0.1, -0.05) is 48.5 Å². The summed E-state index contributed by atoms with van der Waals surface area (Å²) in [6, 6.07) is 14.6. The monoisotopic (exact) mass is 386 g/mol. The molecular weight excluding hydrogens is 368 g/mol. The molecule has 6 rings (SSSR count). The smallest absolute Gasteiger partial charge is 0.235 e. The Balaban J connectivity index is 1.58. The second-order valence-corrected chi connectivity index (χ2v) is 8.58. The van der Waals surface area contributed by atoms with Crippen molar-refractivity contribution in [3.63, 3.8) is 0 Å². The summed E-state index contributed by atoms with van der Waals surface area (Å²) in [6.07, 6.45) is 0.614. The minimum atomic E-state index is -1.26. The summed E-state index contributed by atoms with van der Waals surface area (Å²) in [5.41, 5.74) is 0.298. The van der Waals surface area contributed by atoms with Crippen molar-refractivity contribution in [2.75, 3.05) is 7.05 Å². The number of nitrogens with one attached hydrogen (secondary N) is 1. The summed E-state index contributed by atoms with van der Waals surface area (Å²) in [6.45, 7) is 0. The van der Waals surface area contributed by atoms with Crippen LogP contribution in [0.5, 0.6) is 0 Å². The fraction of sp³-hybridized carbons (Fsp3) is 0.304. The first-order chi connectivity index (χ1) is 13.9. The van der Waals surface area contributed by atoms with E-state index in [0.717, 1.165) is 16.0 Å². The number of likely N-dealkylation sites (tertiary alicyclic amines) is 1.